The van der Waals surface area contributed by atoms with Gasteiger partial charge in [0.2, 0.25) is 17.6 Å². The topological polar surface area (TPSA) is 124 Å². The second kappa shape index (κ2) is 7.91. The summed E-state index contributed by atoms with van der Waals surface area (Å²) in [7, 11) is 0. The van der Waals surface area contributed by atoms with Gasteiger partial charge in [-0.2, -0.15) is 0 Å². The van der Waals surface area contributed by atoms with E-state index in [0.717, 1.165) is 25.3 Å². The number of esters is 1. The van der Waals surface area contributed by atoms with Crippen molar-refractivity contribution in [2.24, 2.45) is 23.7 Å². The number of hydrogen-bond acceptors (Lipinski definition) is 7. The van der Waals surface area contributed by atoms with Gasteiger partial charge >= 0.3 is 5.97 Å². The van der Waals surface area contributed by atoms with Crippen molar-refractivity contribution in [3.8, 4) is 0 Å². The van der Waals surface area contributed by atoms with Gasteiger partial charge < -0.3 is 4.74 Å². The van der Waals surface area contributed by atoms with E-state index < -0.39 is 23.3 Å². The van der Waals surface area contributed by atoms with E-state index in [0.29, 0.717) is 5.69 Å². The maximum atomic E-state index is 13.0. The number of rotatable bonds is 6. The van der Waals surface area contributed by atoms with E-state index in [1.165, 1.54) is 35.2 Å². The summed E-state index contributed by atoms with van der Waals surface area (Å²) in [4.78, 5) is 62.3. The normalized spacial score (nSPS) is 25.3. The Bertz CT molecular complexity index is 1180. The standard InChI is InChI=1S/C24H20N2O7/c27-19(13-3-1-6-18(10-13)26(31)32)12-33-24(30)16-4-2-5-17(11-16)25-22(28)20-14-7-8-15(9-14)21(20)23(25)29/h1-6,10-11,14-15,20-21H,7-9,12H2/t14-,15-,20-,21-/m0/s1. The van der Waals surface area contributed by atoms with E-state index in [9.17, 15) is 29.3 Å². The SMILES string of the molecule is O=C(COC(=O)c1cccc(N2C(=O)[C@H]3[C@H]4CC[C@@H](C4)[C@@H]3C2=O)c1)c1cccc([N+](=O)[O-])c1. The molecule has 3 aliphatic rings. The molecular formula is C24H20N2O7. The lowest BCUT2D eigenvalue weighted by molar-refractivity contribution is -0.384. The number of hydrogen-bond donors (Lipinski definition) is 0. The third-order valence-electron chi connectivity index (χ3n) is 6.98. The predicted molar refractivity (Wildman–Crippen MR) is 114 cm³/mol. The highest BCUT2D eigenvalue weighted by atomic mass is 16.6. The molecule has 1 aliphatic heterocycles. The van der Waals surface area contributed by atoms with Crippen LogP contribution in [0.2, 0.25) is 0 Å². The van der Waals surface area contributed by atoms with Crippen molar-refractivity contribution < 1.29 is 28.8 Å². The van der Waals surface area contributed by atoms with E-state index in [1.807, 2.05) is 0 Å². The summed E-state index contributed by atoms with van der Waals surface area (Å²) in [6.07, 6.45) is 2.89. The molecule has 0 unspecified atom stereocenters. The third kappa shape index (κ3) is 3.49. The molecule has 2 bridgehead atoms. The summed E-state index contributed by atoms with van der Waals surface area (Å²) in [5, 5.41) is 10.9. The molecule has 5 rings (SSSR count). The zero-order valence-corrected chi connectivity index (χ0v) is 17.5. The van der Waals surface area contributed by atoms with Crippen LogP contribution in [-0.2, 0) is 14.3 Å². The third-order valence-corrected chi connectivity index (χ3v) is 6.98. The van der Waals surface area contributed by atoms with Crippen LogP contribution >= 0.6 is 0 Å². The molecule has 2 aromatic carbocycles. The summed E-state index contributed by atoms with van der Waals surface area (Å²) < 4.78 is 5.09. The zero-order chi connectivity index (χ0) is 23.3. The number of amides is 2. The van der Waals surface area contributed by atoms with Gasteiger partial charge in [0.05, 0.1) is 28.0 Å². The molecule has 4 atom stereocenters. The molecule has 2 saturated carbocycles. The Morgan fingerprint density at radius 3 is 2.27 bits per heavy atom. The first kappa shape index (κ1) is 21.0. The summed E-state index contributed by atoms with van der Waals surface area (Å²) in [5.41, 5.74) is 0.233. The Morgan fingerprint density at radius 1 is 0.970 bits per heavy atom. The number of fused-ring (bicyclic) bond motifs is 5. The van der Waals surface area contributed by atoms with Crippen molar-refractivity contribution in [3.05, 3.63) is 69.8 Å². The Balaban J connectivity index is 1.29. The van der Waals surface area contributed by atoms with Crippen molar-refractivity contribution in [2.75, 3.05) is 11.5 Å². The van der Waals surface area contributed by atoms with Gasteiger partial charge in [-0.05, 0) is 49.3 Å². The largest absolute Gasteiger partial charge is 0.454 e. The molecule has 168 valence electrons. The quantitative estimate of drug-likeness (QED) is 0.219. The van der Waals surface area contributed by atoms with Crippen LogP contribution in [0.25, 0.3) is 0 Å². The number of carbonyl (C=O) groups is 4. The Labute approximate surface area is 188 Å². The van der Waals surface area contributed by atoms with E-state index in [4.69, 9.17) is 4.74 Å². The number of carbonyl (C=O) groups excluding carboxylic acids is 4. The maximum Gasteiger partial charge on any atom is 0.338 e. The Hall–Kier alpha value is -3.88. The van der Waals surface area contributed by atoms with Crippen molar-refractivity contribution in [1.82, 2.24) is 0 Å². The molecule has 3 fully saturated rings. The van der Waals surface area contributed by atoms with E-state index in [2.05, 4.69) is 0 Å². The molecule has 0 aromatic heterocycles. The molecule has 1 heterocycles. The molecule has 2 amide bonds. The molecule has 33 heavy (non-hydrogen) atoms. The minimum Gasteiger partial charge on any atom is -0.454 e. The first-order valence-electron chi connectivity index (χ1n) is 10.8. The molecular weight excluding hydrogens is 428 g/mol. The van der Waals surface area contributed by atoms with E-state index >= 15 is 0 Å². The summed E-state index contributed by atoms with van der Waals surface area (Å²) in [6.45, 7) is -0.598. The number of nitro benzene ring substituents is 1. The lowest BCUT2D eigenvalue weighted by Gasteiger charge is -2.19. The lowest BCUT2D eigenvalue weighted by atomic mass is 9.81. The van der Waals surface area contributed by atoms with Gasteiger partial charge in [0.25, 0.3) is 5.69 Å². The summed E-state index contributed by atoms with van der Waals surface area (Å²) in [6, 6.07) is 11.2. The lowest BCUT2D eigenvalue weighted by Crippen LogP contribution is -2.32. The number of nitro groups is 1. The van der Waals surface area contributed by atoms with E-state index in [-0.39, 0.29) is 52.3 Å². The zero-order valence-electron chi connectivity index (χ0n) is 17.5. The smallest absolute Gasteiger partial charge is 0.338 e. The number of nitrogens with zero attached hydrogens (tertiary/aromatic N) is 2. The van der Waals surface area contributed by atoms with Crippen LogP contribution in [-0.4, -0.2) is 35.1 Å². The summed E-state index contributed by atoms with van der Waals surface area (Å²) in [5.74, 6) is -1.80. The second-order valence-electron chi connectivity index (χ2n) is 8.75. The van der Waals surface area contributed by atoms with Crippen LogP contribution in [0.3, 0.4) is 0 Å². The Morgan fingerprint density at radius 2 is 1.61 bits per heavy atom. The average Bonchev–Trinajstić information content (AvgIpc) is 3.51. The fourth-order valence-corrected chi connectivity index (χ4v) is 5.53. The molecule has 9 heteroatoms. The number of anilines is 1. The fraction of sp³-hybridized carbons (Fsp3) is 0.333. The van der Waals surface area contributed by atoms with Crippen molar-refractivity contribution in [3.63, 3.8) is 0 Å². The van der Waals surface area contributed by atoms with Crippen LogP contribution in [0.1, 0.15) is 40.0 Å². The van der Waals surface area contributed by atoms with Gasteiger partial charge in [0, 0.05) is 17.7 Å². The maximum absolute atomic E-state index is 13.0. The number of benzene rings is 2. The van der Waals surface area contributed by atoms with Gasteiger partial charge in [0.1, 0.15) is 0 Å². The Kier molecular flexibility index (Phi) is 5.03. The van der Waals surface area contributed by atoms with Gasteiger partial charge in [0.15, 0.2) is 6.61 Å². The molecule has 2 aliphatic carbocycles. The summed E-state index contributed by atoms with van der Waals surface area (Å²) >= 11 is 0. The second-order valence-corrected chi connectivity index (χ2v) is 8.75. The molecule has 0 radical (unpaired) electrons. The van der Waals surface area contributed by atoms with Crippen molar-refractivity contribution in [1.29, 1.82) is 0 Å². The average molecular weight is 448 g/mol. The van der Waals surface area contributed by atoms with Crippen LogP contribution < -0.4 is 4.90 Å². The number of imide groups is 1. The van der Waals surface area contributed by atoms with Gasteiger partial charge in [-0.15, -0.1) is 0 Å². The van der Waals surface area contributed by atoms with E-state index in [1.54, 1.807) is 12.1 Å². The molecule has 1 saturated heterocycles. The molecule has 9 nitrogen and oxygen atoms in total. The monoisotopic (exact) mass is 448 g/mol. The minimum absolute atomic E-state index is 0.0557. The minimum atomic E-state index is -0.796. The highest BCUT2D eigenvalue weighted by molar-refractivity contribution is 6.22. The highest BCUT2D eigenvalue weighted by Gasteiger charge is 2.61. The number of Topliss-reactive ketones (excluding diaryl/α,β-unsaturated/α-hetero) is 1. The van der Waals surface area contributed by atoms with Crippen molar-refractivity contribution >= 4 is 34.9 Å². The number of ether oxygens (including phenoxy) is 1. The fourth-order valence-electron chi connectivity index (χ4n) is 5.53. The first-order chi connectivity index (χ1) is 15.8. The first-order valence-corrected chi connectivity index (χ1v) is 10.8. The molecule has 2 aromatic rings. The molecule has 0 N–H and O–H groups in total. The van der Waals surface area contributed by atoms with Crippen molar-refractivity contribution in [2.45, 2.75) is 19.3 Å². The number of ketones is 1. The van der Waals surface area contributed by atoms with Crippen LogP contribution in [0, 0.1) is 33.8 Å². The van der Waals surface area contributed by atoms with Crippen LogP contribution in [0.5, 0.6) is 0 Å². The predicted octanol–water partition coefficient (Wildman–Crippen LogP) is 3.17. The van der Waals surface area contributed by atoms with Gasteiger partial charge in [-0.3, -0.25) is 29.4 Å². The van der Waals surface area contributed by atoms with Crippen LogP contribution in [0.15, 0.2) is 48.5 Å². The number of non-ortho nitro benzene ring substituents is 1. The van der Waals surface area contributed by atoms with Gasteiger partial charge in [-0.1, -0.05) is 18.2 Å². The van der Waals surface area contributed by atoms with Gasteiger partial charge in [-0.25, -0.2) is 4.79 Å². The van der Waals surface area contributed by atoms with Crippen LogP contribution in [0.4, 0.5) is 11.4 Å². The molecule has 0 spiro atoms. The highest BCUT2D eigenvalue weighted by Crippen LogP contribution is 2.56.